The average Bonchev–Trinajstić information content (AvgIpc) is 2.96. The van der Waals surface area contributed by atoms with E-state index < -0.39 is 0 Å². The van der Waals surface area contributed by atoms with Crippen LogP contribution in [0.5, 0.6) is 0 Å². The predicted molar refractivity (Wildman–Crippen MR) is 204 cm³/mol. The summed E-state index contributed by atoms with van der Waals surface area (Å²) in [4.78, 5) is 19.5. The van der Waals surface area contributed by atoms with Gasteiger partial charge in [-0.2, -0.15) is 15.0 Å². The number of hydrogen-bond acceptors (Lipinski definition) is 7. The molecule has 2 atom stereocenters. The minimum Gasteiger partial charge on any atom is -0.351 e. The van der Waals surface area contributed by atoms with Gasteiger partial charge in [-0.05, 0) is 131 Å². The van der Waals surface area contributed by atoms with Crippen molar-refractivity contribution < 1.29 is 0 Å². The zero-order valence-corrected chi connectivity index (χ0v) is 33.5. The average molecular weight is 677 g/mol. The highest BCUT2D eigenvalue weighted by Crippen LogP contribution is 2.44. The molecule has 0 bridgehead atoms. The van der Waals surface area contributed by atoms with Crippen LogP contribution >= 0.6 is 11.6 Å². The number of nitrogens with zero attached hydrogens (tertiary/aromatic N) is 5. The van der Waals surface area contributed by atoms with Gasteiger partial charge < -0.3 is 10.6 Å². The Bertz CT molecular complexity index is 971. The maximum Gasteiger partial charge on any atom is 0.229 e. The highest BCUT2D eigenvalue weighted by Gasteiger charge is 2.46. The quantitative estimate of drug-likeness (QED) is 0.150. The molecular formula is C39H74ClN7. The van der Waals surface area contributed by atoms with Gasteiger partial charge in [0.25, 0.3) is 0 Å². The Morgan fingerprint density at radius 1 is 0.574 bits per heavy atom. The molecule has 0 saturated carbocycles. The second kappa shape index (κ2) is 17.2. The molecule has 2 aliphatic heterocycles. The lowest BCUT2D eigenvalue weighted by Crippen LogP contribution is -2.60. The van der Waals surface area contributed by atoms with Gasteiger partial charge >= 0.3 is 0 Å². The first-order chi connectivity index (χ1) is 21.9. The number of likely N-dealkylation sites (tertiary alicyclic amines) is 2. The summed E-state index contributed by atoms with van der Waals surface area (Å²) in [5.74, 6) is 2.28. The van der Waals surface area contributed by atoms with E-state index >= 15 is 0 Å². The molecule has 3 heterocycles. The molecule has 0 amide bonds. The molecule has 3 rings (SSSR count). The predicted octanol–water partition coefficient (Wildman–Crippen LogP) is 10.6. The summed E-state index contributed by atoms with van der Waals surface area (Å²) in [5, 5.41) is 7.97. The number of halogens is 1. The molecule has 0 aliphatic carbocycles. The fourth-order valence-corrected chi connectivity index (χ4v) is 9.22. The van der Waals surface area contributed by atoms with Gasteiger partial charge in [0.15, 0.2) is 0 Å². The van der Waals surface area contributed by atoms with Crippen LogP contribution in [0.3, 0.4) is 0 Å². The second-order valence-corrected chi connectivity index (χ2v) is 18.2. The number of anilines is 2. The van der Waals surface area contributed by atoms with Gasteiger partial charge in [-0.1, -0.05) is 78.1 Å². The van der Waals surface area contributed by atoms with Gasteiger partial charge in [0, 0.05) is 34.2 Å². The third-order valence-electron chi connectivity index (χ3n) is 12.3. The van der Waals surface area contributed by atoms with Crippen LogP contribution in [0, 0.1) is 11.8 Å². The summed E-state index contributed by atoms with van der Waals surface area (Å²) in [7, 11) is 4.58. The third kappa shape index (κ3) is 11.4. The van der Waals surface area contributed by atoms with E-state index in [9.17, 15) is 0 Å². The molecule has 1 aromatic rings. The van der Waals surface area contributed by atoms with Crippen molar-refractivity contribution in [3.8, 4) is 0 Å². The first kappa shape index (κ1) is 40.3. The Balaban J connectivity index is 1.86. The Hall–Kier alpha value is -1.18. The molecule has 0 spiro atoms. The van der Waals surface area contributed by atoms with Crippen molar-refractivity contribution in [3.05, 3.63) is 5.28 Å². The first-order valence-corrected chi connectivity index (χ1v) is 19.7. The number of rotatable bonds is 18. The molecule has 8 heteroatoms. The maximum absolute atomic E-state index is 6.68. The topological polar surface area (TPSA) is 69.2 Å². The van der Waals surface area contributed by atoms with Crippen molar-refractivity contribution in [2.45, 2.75) is 206 Å². The van der Waals surface area contributed by atoms with E-state index in [2.05, 4.69) is 114 Å². The van der Waals surface area contributed by atoms with E-state index in [1.54, 1.807) is 0 Å². The van der Waals surface area contributed by atoms with Gasteiger partial charge in [-0.3, -0.25) is 9.80 Å². The monoisotopic (exact) mass is 676 g/mol. The lowest BCUT2D eigenvalue weighted by Gasteiger charge is -2.55. The second-order valence-electron chi connectivity index (χ2n) is 17.9. The lowest BCUT2D eigenvalue weighted by molar-refractivity contribution is -0.0348. The molecule has 47 heavy (non-hydrogen) atoms. The first-order valence-electron chi connectivity index (χ1n) is 19.3. The summed E-state index contributed by atoms with van der Waals surface area (Å²) in [6, 6.07) is 0.583. The summed E-state index contributed by atoms with van der Waals surface area (Å²) in [6.45, 7) is 23.8. The highest BCUT2D eigenvalue weighted by molar-refractivity contribution is 6.28. The maximum atomic E-state index is 6.68. The van der Waals surface area contributed by atoms with Crippen molar-refractivity contribution in [2.75, 3.05) is 24.7 Å². The normalized spacial score (nSPS) is 23.0. The van der Waals surface area contributed by atoms with Gasteiger partial charge in [0.1, 0.15) is 0 Å². The Labute approximate surface area is 295 Å². The van der Waals surface area contributed by atoms with Crippen LogP contribution in [0.25, 0.3) is 0 Å². The number of aromatic nitrogens is 3. The smallest absolute Gasteiger partial charge is 0.229 e. The summed E-state index contributed by atoms with van der Waals surface area (Å²) in [6.07, 6.45) is 19.6. The summed E-state index contributed by atoms with van der Waals surface area (Å²) >= 11 is 6.68. The number of piperidine rings is 2. The molecule has 2 saturated heterocycles. The Morgan fingerprint density at radius 2 is 0.894 bits per heavy atom. The van der Waals surface area contributed by atoms with Crippen molar-refractivity contribution >= 4 is 23.5 Å². The number of hydrogen-bond donors (Lipinski definition) is 2. The van der Waals surface area contributed by atoms with Crippen LogP contribution in [0.15, 0.2) is 0 Å². The van der Waals surface area contributed by atoms with Crippen LogP contribution in [0.4, 0.5) is 11.9 Å². The fourth-order valence-electron chi connectivity index (χ4n) is 9.06. The molecule has 7 nitrogen and oxygen atoms in total. The van der Waals surface area contributed by atoms with Crippen LogP contribution in [0.2, 0.25) is 5.28 Å². The molecule has 2 N–H and O–H groups in total. The number of unbranched alkanes of at least 4 members (excludes halogenated alkanes) is 8. The summed E-state index contributed by atoms with van der Waals surface area (Å²) < 4.78 is 0. The van der Waals surface area contributed by atoms with E-state index in [1.807, 2.05) is 0 Å². The van der Waals surface area contributed by atoms with Crippen LogP contribution in [0.1, 0.15) is 172 Å². The minimum atomic E-state index is 0.123. The molecule has 2 fully saturated rings. The minimum absolute atomic E-state index is 0.123. The van der Waals surface area contributed by atoms with E-state index in [0.717, 1.165) is 38.5 Å². The molecular weight excluding hydrogens is 602 g/mol. The SMILES string of the molecule is CCCCCCCC(Nc1nc(Cl)nc(NC(CCCCCCC)C2CC(C)(C)N(C)C(C)(C)C2)n1)C1CC(C)(C)N(C)C(C)(C)C1. The van der Waals surface area contributed by atoms with Gasteiger partial charge in [-0.25, -0.2) is 0 Å². The van der Waals surface area contributed by atoms with Crippen molar-refractivity contribution in [1.29, 1.82) is 0 Å². The highest BCUT2D eigenvalue weighted by atomic mass is 35.5. The Morgan fingerprint density at radius 3 is 1.21 bits per heavy atom. The standard InChI is InChI=1S/C39H74ClN7/c1-13-15-17-19-21-23-31(29-25-36(3,4)46(11)37(5,6)26-29)41-34-43-33(40)44-35(45-34)42-32(24-22-20-18-16-14-2)30-27-38(7,8)47(12)39(9,10)28-30/h29-32H,13-28H2,1-12H3,(H2,41,42,43,44,45). The molecule has 0 radical (unpaired) electrons. The molecule has 0 aromatic carbocycles. The van der Waals surface area contributed by atoms with E-state index in [0.29, 0.717) is 35.8 Å². The van der Waals surface area contributed by atoms with Gasteiger partial charge in [0.2, 0.25) is 17.2 Å². The third-order valence-corrected chi connectivity index (χ3v) is 12.5. The number of nitrogens with one attached hydrogen (secondary N) is 2. The summed E-state index contributed by atoms with van der Waals surface area (Å²) in [5.41, 5.74) is 0.492. The van der Waals surface area contributed by atoms with Crippen molar-refractivity contribution in [2.24, 2.45) is 11.8 Å². The fraction of sp³-hybridized carbons (Fsp3) is 0.923. The van der Waals surface area contributed by atoms with E-state index in [4.69, 9.17) is 16.6 Å². The lowest BCUT2D eigenvalue weighted by atomic mass is 9.70. The molecule has 1 aromatic heterocycles. The Kier molecular flexibility index (Phi) is 14.7. The van der Waals surface area contributed by atoms with Crippen LogP contribution < -0.4 is 10.6 Å². The van der Waals surface area contributed by atoms with Crippen LogP contribution in [-0.2, 0) is 0 Å². The van der Waals surface area contributed by atoms with Gasteiger partial charge in [-0.15, -0.1) is 0 Å². The van der Waals surface area contributed by atoms with Gasteiger partial charge in [0.05, 0.1) is 0 Å². The van der Waals surface area contributed by atoms with E-state index in [-0.39, 0.29) is 27.4 Å². The largest absolute Gasteiger partial charge is 0.351 e. The zero-order chi connectivity index (χ0) is 35.0. The van der Waals surface area contributed by atoms with Crippen molar-refractivity contribution in [3.63, 3.8) is 0 Å². The van der Waals surface area contributed by atoms with E-state index in [1.165, 1.54) is 64.2 Å². The zero-order valence-electron chi connectivity index (χ0n) is 32.7. The van der Waals surface area contributed by atoms with Crippen LogP contribution in [-0.4, -0.2) is 73.1 Å². The molecule has 272 valence electrons. The van der Waals surface area contributed by atoms with Crippen molar-refractivity contribution in [1.82, 2.24) is 24.8 Å². The molecule has 2 unspecified atom stereocenters. The molecule has 2 aliphatic rings.